The number of carbonyl (C=O) groups is 1. The predicted molar refractivity (Wildman–Crippen MR) is 59.9 cm³/mol. The number of alkyl halides is 1. The SMILES string of the molecule is O=C(CBr)c1cc(F)cc(Br)c1Br. The van der Waals surface area contributed by atoms with Gasteiger partial charge in [-0.3, -0.25) is 4.79 Å². The van der Waals surface area contributed by atoms with Gasteiger partial charge in [0.2, 0.25) is 0 Å². The van der Waals surface area contributed by atoms with Crippen LogP contribution in [-0.2, 0) is 0 Å². The van der Waals surface area contributed by atoms with Crippen molar-refractivity contribution in [3.05, 3.63) is 32.5 Å². The van der Waals surface area contributed by atoms with Crippen LogP contribution in [0.2, 0.25) is 0 Å². The van der Waals surface area contributed by atoms with Crippen LogP contribution in [0.4, 0.5) is 4.39 Å². The molecule has 1 aromatic carbocycles. The fourth-order valence-corrected chi connectivity index (χ4v) is 2.02. The molecule has 1 rings (SSSR count). The highest BCUT2D eigenvalue weighted by Crippen LogP contribution is 2.28. The first-order chi connectivity index (χ1) is 6.06. The highest BCUT2D eigenvalue weighted by Gasteiger charge is 2.12. The molecule has 13 heavy (non-hydrogen) atoms. The molecule has 0 spiro atoms. The minimum Gasteiger partial charge on any atom is -0.293 e. The molecule has 70 valence electrons. The number of hydrogen-bond donors (Lipinski definition) is 0. The van der Waals surface area contributed by atoms with Crippen LogP contribution in [0.25, 0.3) is 0 Å². The van der Waals surface area contributed by atoms with Gasteiger partial charge in [0.1, 0.15) is 5.82 Å². The average Bonchev–Trinajstić information content (AvgIpc) is 2.10. The number of ketones is 1. The van der Waals surface area contributed by atoms with E-state index in [1.54, 1.807) is 0 Å². The lowest BCUT2D eigenvalue weighted by atomic mass is 10.1. The Labute approximate surface area is 100 Å². The average molecular weight is 375 g/mol. The Balaban J connectivity index is 3.28. The van der Waals surface area contributed by atoms with Crippen LogP contribution in [0, 0.1) is 5.82 Å². The highest BCUT2D eigenvalue weighted by molar-refractivity contribution is 9.13. The Kier molecular flexibility index (Phi) is 4.06. The molecule has 0 saturated carbocycles. The molecule has 1 nitrogen and oxygen atoms in total. The molecule has 0 heterocycles. The van der Waals surface area contributed by atoms with Crippen molar-refractivity contribution in [2.45, 2.75) is 0 Å². The molecule has 0 unspecified atom stereocenters. The van der Waals surface area contributed by atoms with Crippen LogP contribution in [-0.4, -0.2) is 11.1 Å². The van der Waals surface area contributed by atoms with Gasteiger partial charge in [-0.05, 0) is 44.0 Å². The minimum atomic E-state index is -0.431. The third kappa shape index (κ3) is 2.60. The van der Waals surface area contributed by atoms with E-state index in [0.717, 1.165) is 0 Å². The van der Waals surface area contributed by atoms with E-state index in [4.69, 9.17) is 0 Å². The van der Waals surface area contributed by atoms with Crippen LogP contribution in [0.5, 0.6) is 0 Å². The Morgan fingerprint density at radius 2 is 2.00 bits per heavy atom. The Bertz CT molecular complexity index is 351. The van der Waals surface area contributed by atoms with E-state index in [1.165, 1.54) is 12.1 Å². The summed E-state index contributed by atoms with van der Waals surface area (Å²) in [6.45, 7) is 0. The van der Waals surface area contributed by atoms with E-state index in [1.807, 2.05) is 0 Å². The molecular weight excluding hydrogens is 371 g/mol. The first-order valence-corrected chi connectivity index (χ1v) is 6.00. The molecule has 0 amide bonds. The lowest BCUT2D eigenvalue weighted by Crippen LogP contribution is -2.02. The molecule has 0 aliphatic carbocycles. The number of benzene rings is 1. The molecule has 0 bridgehead atoms. The number of hydrogen-bond acceptors (Lipinski definition) is 1. The number of halogens is 4. The molecular formula is C8H4Br3FO. The molecule has 5 heteroatoms. The van der Waals surface area contributed by atoms with Crippen molar-refractivity contribution >= 4 is 53.6 Å². The van der Waals surface area contributed by atoms with Crippen LogP contribution < -0.4 is 0 Å². The molecule has 0 aromatic heterocycles. The second kappa shape index (κ2) is 4.66. The van der Waals surface area contributed by atoms with Crippen molar-refractivity contribution < 1.29 is 9.18 Å². The standard InChI is InChI=1S/C8H4Br3FO/c9-3-7(13)5-1-4(12)2-6(10)8(5)11/h1-2H,3H2. The second-order valence-electron chi connectivity index (χ2n) is 2.31. The Hall–Kier alpha value is 0.260. The maximum Gasteiger partial charge on any atom is 0.174 e. The summed E-state index contributed by atoms with van der Waals surface area (Å²) in [6.07, 6.45) is 0. The number of rotatable bonds is 2. The van der Waals surface area contributed by atoms with Gasteiger partial charge in [0.15, 0.2) is 5.78 Å². The summed E-state index contributed by atoms with van der Waals surface area (Å²) < 4.78 is 14.0. The summed E-state index contributed by atoms with van der Waals surface area (Å²) >= 11 is 9.37. The molecule has 0 saturated heterocycles. The first kappa shape index (κ1) is 11.3. The van der Waals surface area contributed by atoms with Crippen molar-refractivity contribution in [3.8, 4) is 0 Å². The third-order valence-electron chi connectivity index (χ3n) is 1.41. The number of carbonyl (C=O) groups excluding carboxylic acids is 1. The zero-order chi connectivity index (χ0) is 10.0. The Morgan fingerprint density at radius 1 is 1.38 bits per heavy atom. The summed E-state index contributed by atoms with van der Waals surface area (Å²) in [7, 11) is 0. The van der Waals surface area contributed by atoms with Crippen molar-refractivity contribution in [1.82, 2.24) is 0 Å². The molecule has 1 aromatic rings. The van der Waals surface area contributed by atoms with Gasteiger partial charge in [-0.25, -0.2) is 4.39 Å². The molecule has 0 radical (unpaired) electrons. The predicted octanol–water partition coefficient (Wildman–Crippen LogP) is 3.93. The third-order valence-corrected chi connectivity index (χ3v) is 3.94. The quantitative estimate of drug-likeness (QED) is 0.435. The van der Waals surface area contributed by atoms with Crippen LogP contribution in [0.15, 0.2) is 21.1 Å². The van der Waals surface area contributed by atoms with E-state index >= 15 is 0 Å². The fraction of sp³-hybridized carbons (Fsp3) is 0.125. The first-order valence-electron chi connectivity index (χ1n) is 3.30. The van der Waals surface area contributed by atoms with Gasteiger partial charge in [0.05, 0.1) is 5.33 Å². The normalized spacial score (nSPS) is 10.2. The molecule has 0 aliphatic heterocycles. The monoisotopic (exact) mass is 372 g/mol. The van der Waals surface area contributed by atoms with Crippen molar-refractivity contribution in [1.29, 1.82) is 0 Å². The van der Waals surface area contributed by atoms with Gasteiger partial charge in [-0.15, -0.1) is 0 Å². The fourth-order valence-electron chi connectivity index (χ4n) is 0.831. The summed E-state index contributed by atoms with van der Waals surface area (Å²) in [5, 5.41) is 0.182. The summed E-state index contributed by atoms with van der Waals surface area (Å²) in [6, 6.07) is 2.51. The van der Waals surface area contributed by atoms with E-state index < -0.39 is 5.82 Å². The summed E-state index contributed by atoms with van der Waals surface area (Å²) in [4.78, 5) is 11.3. The zero-order valence-corrected chi connectivity index (χ0v) is 11.0. The summed E-state index contributed by atoms with van der Waals surface area (Å²) in [5.74, 6) is -0.591. The van der Waals surface area contributed by atoms with Crippen LogP contribution >= 0.6 is 47.8 Å². The van der Waals surface area contributed by atoms with Crippen molar-refractivity contribution in [3.63, 3.8) is 0 Å². The maximum absolute atomic E-state index is 12.9. The van der Waals surface area contributed by atoms with Gasteiger partial charge in [0, 0.05) is 14.5 Å². The van der Waals surface area contributed by atoms with Crippen LogP contribution in [0.3, 0.4) is 0 Å². The van der Waals surface area contributed by atoms with Gasteiger partial charge < -0.3 is 0 Å². The van der Waals surface area contributed by atoms with E-state index in [2.05, 4.69) is 47.8 Å². The van der Waals surface area contributed by atoms with E-state index in [0.29, 0.717) is 14.5 Å². The highest BCUT2D eigenvalue weighted by atomic mass is 79.9. The van der Waals surface area contributed by atoms with Gasteiger partial charge >= 0.3 is 0 Å². The molecule has 0 aliphatic rings. The second-order valence-corrected chi connectivity index (χ2v) is 4.51. The summed E-state index contributed by atoms with van der Waals surface area (Å²) in [5.41, 5.74) is 0.337. The molecule has 0 atom stereocenters. The zero-order valence-electron chi connectivity index (χ0n) is 6.28. The number of Topliss-reactive ketones (excluding diaryl/α,β-unsaturated/α-hetero) is 1. The van der Waals surface area contributed by atoms with Crippen LogP contribution in [0.1, 0.15) is 10.4 Å². The van der Waals surface area contributed by atoms with Crippen molar-refractivity contribution in [2.24, 2.45) is 0 Å². The van der Waals surface area contributed by atoms with Gasteiger partial charge in [-0.1, -0.05) is 15.9 Å². The Morgan fingerprint density at radius 3 is 2.54 bits per heavy atom. The van der Waals surface area contributed by atoms with E-state index in [9.17, 15) is 9.18 Å². The smallest absolute Gasteiger partial charge is 0.174 e. The maximum atomic E-state index is 12.9. The topological polar surface area (TPSA) is 17.1 Å². The minimum absolute atomic E-state index is 0.160. The molecule has 0 N–H and O–H groups in total. The largest absolute Gasteiger partial charge is 0.293 e. The lowest BCUT2D eigenvalue weighted by molar-refractivity contribution is 0.102. The van der Waals surface area contributed by atoms with Gasteiger partial charge in [-0.2, -0.15) is 0 Å². The van der Waals surface area contributed by atoms with E-state index in [-0.39, 0.29) is 11.1 Å². The molecule has 0 fully saturated rings. The van der Waals surface area contributed by atoms with Crippen molar-refractivity contribution in [2.75, 3.05) is 5.33 Å². The van der Waals surface area contributed by atoms with Gasteiger partial charge in [0.25, 0.3) is 0 Å². The lowest BCUT2D eigenvalue weighted by Gasteiger charge is -2.03.